The summed E-state index contributed by atoms with van der Waals surface area (Å²) in [5.74, 6) is 0.762. The minimum Gasteiger partial charge on any atom is -0.406 e. The molecule has 3 N–H and O–H groups in total. The van der Waals surface area contributed by atoms with Gasteiger partial charge in [0.1, 0.15) is 5.75 Å². The number of benzene rings is 2. The van der Waals surface area contributed by atoms with E-state index in [9.17, 15) is 13.2 Å². The molecule has 0 bridgehead atoms. The molecule has 1 saturated heterocycles. The molecule has 6 nitrogen and oxygen atoms in total. The summed E-state index contributed by atoms with van der Waals surface area (Å²) in [4.78, 5) is 5.08. The first-order valence-electron chi connectivity index (χ1n) is 13.8. The summed E-state index contributed by atoms with van der Waals surface area (Å²) < 4.78 is 44.4. The average Bonchev–Trinajstić information content (AvgIpc) is 3.29. The maximum atomic E-state index is 12.7. The van der Waals surface area contributed by atoms with Crippen molar-refractivity contribution in [2.75, 3.05) is 5.32 Å². The van der Waals surface area contributed by atoms with Crippen LogP contribution in [0.2, 0.25) is 0 Å². The fourth-order valence-electron chi connectivity index (χ4n) is 7.33. The van der Waals surface area contributed by atoms with Gasteiger partial charge in [-0.3, -0.25) is 10.9 Å². The van der Waals surface area contributed by atoms with Crippen LogP contribution in [-0.2, 0) is 0 Å². The number of rotatable bonds is 5. The van der Waals surface area contributed by atoms with Gasteiger partial charge in [0.15, 0.2) is 0 Å². The lowest BCUT2D eigenvalue weighted by atomic mass is 9.63. The second-order valence-corrected chi connectivity index (χ2v) is 13.2. The lowest BCUT2D eigenvalue weighted by Gasteiger charge is -2.45. The van der Waals surface area contributed by atoms with E-state index in [0.29, 0.717) is 17.6 Å². The normalized spacial score (nSPS) is 25.2. The third kappa shape index (κ3) is 5.89. The van der Waals surface area contributed by atoms with Crippen molar-refractivity contribution in [1.29, 1.82) is 0 Å². The van der Waals surface area contributed by atoms with Crippen LogP contribution in [0.1, 0.15) is 83.9 Å². The monoisotopic (exact) mass is 543 g/mol. The van der Waals surface area contributed by atoms with Gasteiger partial charge in [-0.2, -0.15) is 0 Å². The van der Waals surface area contributed by atoms with E-state index in [2.05, 4.69) is 86.1 Å². The number of halogens is 3. The molecule has 39 heavy (non-hydrogen) atoms. The predicted octanol–water partition coefficient (Wildman–Crippen LogP) is 7.73. The number of fused-ring (bicyclic) bond motifs is 1. The summed E-state index contributed by atoms with van der Waals surface area (Å²) in [6.07, 6.45) is -1.55. The Labute approximate surface area is 228 Å². The van der Waals surface area contributed by atoms with Crippen molar-refractivity contribution < 1.29 is 17.9 Å². The Hall–Kier alpha value is -2.78. The third-order valence-electron chi connectivity index (χ3n) is 8.30. The third-order valence-corrected chi connectivity index (χ3v) is 8.30. The Morgan fingerprint density at radius 3 is 2.13 bits per heavy atom. The molecule has 9 heteroatoms. The van der Waals surface area contributed by atoms with Gasteiger partial charge in [-0.05, 0) is 98.4 Å². The molecule has 1 aliphatic carbocycles. The number of alkyl halides is 3. The number of anilines is 2. The number of aryl methyl sites for hydroxylation is 1. The number of nitrogens with zero attached hydrogens (tertiary/aromatic N) is 2. The van der Waals surface area contributed by atoms with Gasteiger partial charge in [-0.1, -0.05) is 27.7 Å². The van der Waals surface area contributed by atoms with Crippen LogP contribution in [0.25, 0.3) is 11.0 Å². The van der Waals surface area contributed by atoms with Gasteiger partial charge in [-0.25, -0.2) is 4.98 Å². The maximum Gasteiger partial charge on any atom is 0.573 e. The molecular weight excluding hydrogens is 503 g/mol. The van der Waals surface area contributed by atoms with Gasteiger partial charge in [0.25, 0.3) is 0 Å². The van der Waals surface area contributed by atoms with Crippen LogP contribution in [-0.4, -0.2) is 28.0 Å². The number of ether oxygens (including phenoxy) is 1. The molecule has 2 fully saturated rings. The molecule has 2 heterocycles. The van der Waals surface area contributed by atoms with Crippen molar-refractivity contribution in [3.05, 3.63) is 47.5 Å². The highest BCUT2D eigenvalue weighted by Gasteiger charge is 2.41. The van der Waals surface area contributed by atoms with Crippen molar-refractivity contribution in [2.24, 2.45) is 10.8 Å². The molecule has 0 spiro atoms. The quantitative estimate of drug-likeness (QED) is 0.307. The Kier molecular flexibility index (Phi) is 6.91. The minimum atomic E-state index is -4.72. The molecule has 2 aliphatic rings. The summed E-state index contributed by atoms with van der Waals surface area (Å²) in [5, 5.41) is 3.42. The molecular formula is C30H40F3N5O. The molecule has 1 aromatic heterocycles. The van der Waals surface area contributed by atoms with Gasteiger partial charge in [0, 0.05) is 29.7 Å². The summed E-state index contributed by atoms with van der Waals surface area (Å²) >= 11 is 0. The molecule has 5 rings (SSSR count). The first-order chi connectivity index (χ1) is 18.1. The molecule has 1 saturated carbocycles. The summed E-state index contributed by atoms with van der Waals surface area (Å²) in [7, 11) is 0. The van der Waals surface area contributed by atoms with Crippen molar-refractivity contribution >= 4 is 22.7 Å². The molecule has 0 radical (unpaired) electrons. The number of hydrogen-bond donors (Lipinski definition) is 3. The molecule has 0 amide bonds. The van der Waals surface area contributed by atoms with Crippen LogP contribution in [0, 0.1) is 17.8 Å². The fourth-order valence-corrected chi connectivity index (χ4v) is 7.33. The van der Waals surface area contributed by atoms with Crippen LogP contribution < -0.4 is 20.9 Å². The van der Waals surface area contributed by atoms with Gasteiger partial charge in [0.2, 0.25) is 5.95 Å². The zero-order valence-electron chi connectivity index (χ0n) is 23.8. The summed E-state index contributed by atoms with van der Waals surface area (Å²) in [6.45, 7) is 15.9. The largest absolute Gasteiger partial charge is 0.573 e. The SMILES string of the molecule is Cc1cc2c(cc1C1C(C)NNC1C)nc(Nc1ccc(OC(F)(F)F)cc1)n2C1CC(C)(C)CC(C)(C)C1. The number of imidazole rings is 1. The van der Waals surface area contributed by atoms with Crippen LogP contribution in [0.5, 0.6) is 5.75 Å². The van der Waals surface area contributed by atoms with Crippen LogP contribution in [0.3, 0.4) is 0 Å². The predicted molar refractivity (Wildman–Crippen MR) is 149 cm³/mol. The Bertz CT molecular complexity index is 1320. The Morgan fingerprint density at radius 1 is 0.974 bits per heavy atom. The van der Waals surface area contributed by atoms with E-state index in [1.54, 1.807) is 12.1 Å². The zero-order chi connectivity index (χ0) is 28.3. The summed E-state index contributed by atoms with van der Waals surface area (Å²) in [5.41, 5.74) is 12.2. The average molecular weight is 544 g/mol. The van der Waals surface area contributed by atoms with Crippen LogP contribution in [0.4, 0.5) is 24.8 Å². The minimum absolute atomic E-state index is 0.165. The van der Waals surface area contributed by atoms with Crippen molar-refractivity contribution in [3.8, 4) is 5.75 Å². The van der Waals surface area contributed by atoms with Crippen molar-refractivity contribution in [1.82, 2.24) is 20.4 Å². The Morgan fingerprint density at radius 2 is 1.56 bits per heavy atom. The van der Waals surface area contributed by atoms with Gasteiger partial charge in [-0.15, -0.1) is 13.2 Å². The molecule has 3 aromatic rings. The van der Waals surface area contributed by atoms with Gasteiger partial charge in [0.05, 0.1) is 11.0 Å². The highest BCUT2D eigenvalue weighted by Crippen LogP contribution is 2.51. The van der Waals surface area contributed by atoms with Crippen molar-refractivity contribution in [3.63, 3.8) is 0 Å². The molecule has 212 valence electrons. The number of aromatic nitrogens is 2. The van der Waals surface area contributed by atoms with Gasteiger partial charge >= 0.3 is 6.36 Å². The van der Waals surface area contributed by atoms with Crippen molar-refractivity contribution in [2.45, 2.75) is 98.1 Å². The summed E-state index contributed by atoms with van der Waals surface area (Å²) in [6, 6.07) is 11.1. The first kappa shape index (κ1) is 27.8. The van der Waals surface area contributed by atoms with E-state index in [1.807, 2.05) is 0 Å². The van der Waals surface area contributed by atoms with Crippen LogP contribution in [0.15, 0.2) is 36.4 Å². The maximum absolute atomic E-state index is 12.7. The fraction of sp³-hybridized carbons (Fsp3) is 0.567. The van der Waals surface area contributed by atoms with E-state index < -0.39 is 6.36 Å². The van der Waals surface area contributed by atoms with Gasteiger partial charge < -0.3 is 14.6 Å². The lowest BCUT2D eigenvalue weighted by Crippen LogP contribution is -2.35. The standard InChI is InChI=1S/C30H40F3N5O/c1-17-12-25-24(13-23(17)26-18(2)36-37-19(26)3)35-27(34-20-8-10-22(11-9-20)39-30(31,32)33)38(25)21-14-28(4,5)16-29(6,7)15-21/h8-13,18-19,21,26,36-37H,14-16H2,1-7H3,(H,34,35). The van der Waals surface area contributed by atoms with E-state index in [4.69, 9.17) is 4.98 Å². The number of nitrogens with one attached hydrogen (secondary N) is 3. The van der Waals surface area contributed by atoms with E-state index in [-0.39, 0.29) is 34.7 Å². The number of hydrazine groups is 1. The molecule has 2 aromatic carbocycles. The lowest BCUT2D eigenvalue weighted by molar-refractivity contribution is -0.274. The molecule has 1 aliphatic heterocycles. The molecule has 2 atom stereocenters. The topological polar surface area (TPSA) is 63.1 Å². The van der Waals surface area contributed by atoms with E-state index in [1.165, 1.54) is 23.3 Å². The zero-order valence-corrected chi connectivity index (χ0v) is 23.8. The van der Waals surface area contributed by atoms with E-state index >= 15 is 0 Å². The number of hydrogen-bond acceptors (Lipinski definition) is 5. The first-order valence-corrected chi connectivity index (χ1v) is 13.8. The Balaban J connectivity index is 1.59. The smallest absolute Gasteiger partial charge is 0.406 e. The second-order valence-electron chi connectivity index (χ2n) is 13.2. The second kappa shape index (κ2) is 9.70. The highest BCUT2D eigenvalue weighted by atomic mass is 19.4. The molecule has 2 unspecified atom stereocenters. The highest BCUT2D eigenvalue weighted by molar-refractivity contribution is 5.82. The van der Waals surface area contributed by atoms with Crippen LogP contribution >= 0.6 is 0 Å². The van der Waals surface area contributed by atoms with E-state index in [0.717, 1.165) is 30.3 Å².